The summed E-state index contributed by atoms with van der Waals surface area (Å²) in [5.74, 6) is 0. The number of hydrogen-bond donors (Lipinski definition) is 2. The van der Waals surface area contributed by atoms with E-state index in [9.17, 15) is 0 Å². The summed E-state index contributed by atoms with van der Waals surface area (Å²) in [4.78, 5) is 14.2. The van der Waals surface area contributed by atoms with Crippen molar-refractivity contribution in [2.45, 2.75) is 19.3 Å². The lowest BCUT2D eigenvalue weighted by molar-refractivity contribution is 0.579. The molecule has 1 saturated heterocycles. The number of benzene rings is 1. The molecule has 1 aromatic carbocycles. The van der Waals surface area contributed by atoms with Crippen molar-refractivity contribution in [1.29, 1.82) is 0 Å². The minimum Gasteiger partial charge on any atom is -0.371 e. The molecular formula is C20H20N6. The molecular weight excluding hydrogens is 324 g/mol. The molecule has 0 atom stereocenters. The maximum atomic E-state index is 4.47. The molecule has 0 radical (unpaired) electrons. The van der Waals surface area contributed by atoms with Crippen LogP contribution in [0.2, 0.25) is 0 Å². The van der Waals surface area contributed by atoms with Crippen LogP contribution in [0.5, 0.6) is 0 Å². The summed E-state index contributed by atoms with van der Waals surface area (Å²) in [5, 5.41) is 8.82. The molecule has 0 unspecified atom stereocenters. The molecule has 26 heavy (non-hydrogen) atoms. The van der Waals surface area contributed by atoms with Gasteiger partial charge in [-0.2, -0.15) is 5.10 Å². The molecule has 6 nitrogen and oxygen atoms in total. The maximum absolute atomic E-state index is 4.47. The van der Waals surface area contributed by atoms with Crippen molar-refractivity contribution in [2.24, 2.45) is 0 Å². The topological polar surface area (TPSA) is 73.5 Å². The molecule has 6 heteroatoms. The summed E-state index contributed by atoms with van der Waals surface area (Å²) >= 11 is 0. The van der Waals surface area contributed by atoms with E-state index in [1.807, 2.05) is 6.07 Å². The van der Waals surface area contributed by atoms with Crippen LogP contribution in [-0.4, -0.2) is 38.2 Å². The predicted molar refractivity (Wildman–Crippen MR) is 103 cm³/mol. The minimum absolute atomic E-state index is 0.893. The standard InChI is InChI=1S/C20H20N6/c1-2-7-26(8-3-1)20-6-4-5-16-15(20)9-18(23-16)19-10-17(24-25-19)14-11-21-13-22-12-14/h4-6,9-13,23H,1-3,7-8H2,(H,24,25). The molecule has 3 aromatic heterocycles. The van der Waals surface area contributed by atoms with Crippen LogP contribution in [0.3, 0.4) is 0 Å². The molecule has 1 aliphatic rings. The number of anilines is 1. The summed E-state index contributed by atoms with van der Waals surface area (Å²) < 4.78 is 0. The Morgan fingerprint density at radius 3 is 2.62 bits per heavy atom. The van der Waals surface area contributed by atoms with E-state index < -0.39 is 0 Å². The number of nitrogens with zero attached hydrogens (tertiary/aromatic N) is 4. The van der Waals surface area contributed by atoms with Gasteiger partial charge in [-0.05, 0) is 43.5 Å². The second kappa shape index (κ2) is 6.29. The third-order valence-electron chi connectivity index (χ3n) is 5.06. The van der Waals surface area contributed by atoms with Crippen molar-refractivity contribution in [2.75, 3.05) is 18.0 Å². The minimum atomic E-state index is 0.893. The summed E-state index contributed by atoms with van der Waals surface area (Å²) in [6.07, 6.45) is 8.98. The van der Waals surface area contributed by atoms with Crippen molar-refractivity contribution in [3.05, 3.63) is 49.1 Å². The summed E-state index contributed by atoms with van der Waals surface area (Å²) in [7, 11) is 0. The third-order valence-corrected chi connectivity index (χ3v) is 5.06. The lowest BCUT2D eigenvalue weighted by Gasteiger charge is -2.29. The van der Waals surface area contributed by atoms with Crippen LogP contribution in [-0.2, 0) is 0 Å². The fourth-order valence-electron chi connectivity index (χ4n) is 3.73. The van der Waals surface area contributed by atoms with Crippen molar-refractivity contribution >= 4 is 16.6 Å². The maximum Gasteiger partial charge on any atom is 0.115 e. The first kappa shape index (κ1) is 15.1. The lowest BCUT2D eigenvalue weighted by Crippen LogP contribution is -2.29. The van der Waals surface area contributed by atoms with E-state index in [0.29, 0.717) is 0 Å². The average molecular weight is 344 g/mol. The molecule has 0 amide bonds. The van der Waals surface area contributed by atoms with Gasteiger partial charge in [0, 0.05) is 47.6 Å². The smallest absolute Gasteiger partial charge is 0.115 e. The number of H-pyrrole nitrogens is 2. The van der Waals surface area contributed by atoms with Crippen LogP contribution in [0, 0.1) is 0 Å². The van der Waals surface area contributed by atoms with Gasteiger partial charge in [0.2, 0.25) is 0 Å². The summed E-state index contributed by atoms with van der Waals surface area (Å²) in [5.41, 5.74) is 6.22. The molecule has 1 aliphatic heterocycles. The molecule has 0 saturated carbocycles. The van der Waals surface area contributed by atoms with Crippen molar-refractivity contribution < 1.29 is 0 Å². The summed E-state index contributed by atoms with van der Waals surface area (Å²) in [6, 6.07) is 10.7. The monoisotopic (exact) mass is 344 g/mol. The third kappa shape index (κ3) is 2.63. The Morgan fingerprint density at radius 1 is 0.923 bits per heavy atom. The number of fused-ring (bicyclic) bond motifs is 1. The number of aromatic amines is 2. The largest absolute Gasteiger partial charge is 0.371 e. The van der Waals surface area contributed by atoms with Gasteiger partial charge < -0.3 is 9.88 Å². The van der Waals surface area contributed by atoms with Crippen LogP contribution in [0.1, 0.15) is 19.3 Å². The number of rotatable bonds is 3. The fourth-order valence-corrected chi connectivity index (χ4v) is 3.73. The van der Waals surface area contributed by atoms with E-state index in [2.05, 4.69) is 54.3 Å². The van der Waals surface area contributed by atoms with E-state index in [-0.39, 0.29) is 0 Å². The number of piperidine rings is 1. The Kier molecular flexibility index (Phi) is 3.66. The predicted octanol–water partition coefficient (Wildman–Crippen LogP) is 4.01. The first-order chi connectivity index (χ1) is 12.9. The van der Waals surface area contributed by atoms with Gasteiger partial charge in [-0.3, -0.25) is 5.10 Å². The highest BCUT2D eigenvalue weighted by Crippen LogP contribution is 2.33. The average Bonchev–Trinajstić information content (AvgIpc) is 3.36. The van der Waals surface area contributed by atoms with Gasteiger partial charge in [0.25, 0.3) is 0 Å². The molecule has 0 aliphatic carbocycles. The lowest BCUT2D eigenvalue weighted by atomic mass is 10.1. The van der Waals surface area contributed by atoms with Crippen LogP contribution >= 0.6 is 0 Å². The van der Waals surface area contributed by atoms with E-state index in [0.717, 1.165) is 41.3 Å². The van der Waals surface area contributed by atoms with Gasteiger partial charge in [0.05, 0.1) is 11.4 Å². The number of nitrogens with one attached hydrogen (secondary N) is 2. The zero-order valence-corrected chi connectivity index (χ0v) is 14.4. The second-order valence-electron chi connectivity index (χ2n) is 6.76. The normalized spacial score (nSPS) is 14.8. The summed E-state index contributed by atoms with van der Waals surface area (Å²) in [6.45, 7) is 2.28. The van der Waals surface area contributed by atoms with Gasteiger partial charge in [-0.25, -0.2) is 9.97 Å². The molecule has 4 aromatic rings. The van der Waals surface area contributed by atoms with Crippen molar-refractivity contribution in [3.63, 3.8) is 0 Å². The van der Waals surface area contributed by atoms with E-state index >= 15 is 0 Å². The second-order valence-corrected chi connectivity index (χ2v) is 6.76. The molecule has 4 heterocycles. The van der Waals surface area contributed by atoms with Crippen molar-refractivity contribution in [3.8, 4) is 22.6 Å². The van der Waals surface area contributed by atoms with Gasteiger partial charge in [-0.15, -0.1) is 0 Å². The highest BCUT2D eigenvalue weighted by Gasteiger charge is 2.16. The van der Waals surface area contributed by atoms with Gasteiger partial charge in [-0.1, -0.05) is 6.07 Å². The molecule has 5 rings (SSSR count). The van der Waals surface area contributed by atoms with Crippen LogP contribution in [0.25, 0.3) is 33.5 Å². The Balaban J connectivity index is 1.53. The SMILES string of the molecule is c1cc(N2CCCCC2)c2cc(-c3cc(-c4cncnc4)[nH]n3)[nH]c2c1. The van der Waals surface area contributed by atoms with Crippen LogP contribution < -0.4 is 4.90 Å². The highest BCUT2D eigenvalue weighted by atomic mass is 15.1. The highest BCUT2D eigenvalue weighted by molar-refractivity contribution is 5.96. The zero-order chi connectivity index (χ0) is 17.3. The first-order valence-electron chi connectivity index (χ1n) is 9.06. The fraction of sp³-hybridized carbons (Fsp3) is 0.250. The first-order valence-corrected chi connectivity index (χ1v) is 9.06. The number of aromatic nitrogens is 5. The Labute approximate surface area is 151 Å². The van der Waals surface area contributed by atoms with Gasteiger partial charge in [0.15, 0.2) is 0 Å². The van der Waals surface area contributed by atoms with E-state index in [4.69, 9.17) is 0 Å². The Hall–Kier alpha value is -3.15. The van der Waals surface area contributed by atoms with Gasteiger partial charge >= 0.3 is 0 Å². The zero-order valence-electron chi connectivity index (χ0n) is 14.4. The molecule has 2 N–H and O–H groups in total. The van der Waals surface area contributed by atoms with E-state index in [1.54, 1.807) is 12.4 Å². The number of hydrogen-bond acceptors (Lipinski definition) is 4. The molecule has 0 bridgehead atoms. The molecule has 130 valence electrons. The molecule has 1 fully saturated rings. The molecule has 0 spiro atoms. The Bertz CT molecular complexity index is 1030. The van der Waals surface area contributed by atoms with Gasteiger partial charge in [0.1, 0.15) is 12.0 Å². The van der Waals surface area contributed by atoms with E-state index in [1.165, 1.54) is 36.7 Å². The quantitative estimate of drug-likeness (QED) is 0.589. The van der Waals surface area contributed by atoms with Crippen LogP contribution in [0.15, 0.2) is 49.1 Å². The Morgan fingerprint density at radius 2 is 1.77 bits per heavy atom. The van der Waals surface area contributed by atoms with Crippen LogP contribution in [0.4, 0.5) is 5.69 Å². The van der Waals surface area contributed by atoms with Crippen molar-refractivity contribution in [1.82, 2.24) is 25.1 Å².